The Bertz CT molecular complexity index is 288. The van der Waals surface area contributed by atoms with E-state index < -0.39 is 0 Å². The fourth-order valence-electron chi connectivity index (χ4n) is 2.28. The van der Waals surface area contributed by atoms with Crippen molar-refractivity contribution in [2.24, 2.45) is 0 Å². The van der Waals surface area contributed by atoms with Gasteiger partial charge in [0.25, 0.3) is 0 Å². The smallest absolute Gasteiger partial charge is 0.0489 e. The highest BCUT2D eigenvalue weighted by atomic mass is 15.3. The lowest BCUT2D eigenvalue weighted by Crippen LogP contribution is -2.52. The van der Waals surface area contributed by atoms with Crippen molar-refractivity contribution < 1.29 is 0 Å². The Hall–Kier alpha value is -0.830. The summed E-state index contributed by atoms with van der Waals surface area (Å²) in [6.07, 6.45) is 9.06. The van der Waals surface area contributed by atoms with E-state index in [1.54, 1.807) is 0 Å². The quantitative estimate of drug-likeness (QED) is 0.802. The number of nitrogens with one attached hydrogen (secondary N) is 1. The molecule has 1 aliphatic rings. The molecule has 1 fully saturated rings. The van der Waals surface area contributed by atoms with Gasteiger partial charge in [-0.1, -0.05) is 0 Å². The molecule has 1 N–H and O–H groups in total. The van der Waals surface area contributed by atoms with Crippen LogP contribution < -0.4 is 5.32 Å². The zero-order valence-electron chi connectivity index (χ0n) is 9.74. The zero-order chi connectivity index (χ0) is 10.7. The van der Waals surface area contributed by atoms with Crippen LogP contribution in [0.1, 0.15) is 39.5 Å². The number of aryl methyl sites for hydroxylation is 1. The Morgan fingerprint density at radius 3 is 2.87 bits per heavy atom. The van der Waals surface area contributed by atoms with Crippen LogP contribution in [0.3, 0.4) is 0 Å². The first kappa shape index (κ1) is 10.7. The van der Waals surface area contributed by atoms with Gasteiger partial charge in [0, 0.05) is 30.5 Å². The summed E-state index contributed by atoms with van der Waals surface area (Å²) in [5.74, 6) is 0. The van der Waals surface area contributed by atoms with Crippen molar-refractivity contribution in [3.63, 3.8) is 0 Å². The summed E-state index contributed by atoms with van der Waals surface area (Å²) < 4.78 is 2.00. The third-order valence-electron chi connectivity index (χ3n) is 3.40. The summed E-state index contributed by atoms with van der Waals surface area (Å²) in [6, 6.07) is 2.56. The summed E-state index contributed by atoms with van der Waals surface area (Å²) in [5, 5.41) is 7.92. The molecule has 1 saturated carbocycles. The first-order valence-electron chi connectivity index (χ1n) is 5.93. The van der Waals surface area contributed by atoms with Gasteiger partial charge in [-0.3, -0.25) is 4.68 Å². The lowest BCUT2D eigenvalue weighted by molar-refractivity contribution is 0.184. The third-order valence-corrected chi connectivity index (χ3v) is 3.40. The second kappa shape index (κ2) is 4.35. The van der Waals surface area contributed by atoms with Gasteiger partial charge in [0.05, 0.1) is 0 Å². The molecule has 1 heterocycles. The molecule has 1 aliphatic carbocycles. The zero-order valence-corrected chi connectivity index (χ0v) is 9.74. The Labute approximate surface area is 91.9 Å². The lowest BCUT2D eigenvalue weighted by atomic mass is 9.78. The summed E-state index contributed by atoms with van der Waals surface area (Å²) in [4.78, 5) is 0. The molecular formula is C12H21N3. The molecule has 0 aromatic carbocycles. The molecule has 0 bridgehead atoms. The van der Waals surface area contributed by atoms with Crippen molar-refractivity contribution in [1.29, 1.82) is 0 Å². The number of hydrogen-bond donors (Lipinski definition) is 1. The highest BCUT2D eigenvalue weighted by Crippen LogP contribution is 2.31. The van der Waals surface area contributed by atoms with Crippen LogP contribution in [-0.2, 0) is 6.54 Å². The molecule has 1 atom stereocenters. The normalized spacial score (nSPS) is 20.9. The van der Waals surface area contributed by atoms with E-state index in [-0.39, 0.29) is 0 Å². The van der Waals surface area contributed by atoms with Gasteiger partial charge < -0.3 is 5.32 Å². The number of nitrogens with zero attached hydrogens (tertiary/aromatic N) is 2. The Morgan fingerprint density at radius 2 is 2.33 bits per heavy atom. The van der Waals surface area contributed by atoms with E-state index in [4.69, 9.17) is 0 Å². The molecule has 84 valence electrons. The first-order valence-corrected chi connectivity index (χ1v) is 5.93. The van der Waals surface area contributed by atoms with Crippen molar-refractivity contribution in [3.8, 4) is 0 Å². The molecule has 1 aromatic rings. The minimum atomic E-state index is 0.420. The van der Waals surface area contributed by atoms with Gasteiger partial charge >= 0.3 is 0 Å². The van der Waals surface area contributed by atoms with Crippen molar-refractivity contribution >= 4 is 0 Å². The molecule has 2 rings (SSSR count). The summed E-state index contributed by atoms with van der Waals surface area (Å²) >= 11 is 0. The van der Waals surface area contributed by atoms with Crippen molar-refractivity contribution in [3.05, 3.63) is 18.5 Å². The maximum absolute atomic E-state index is 4.21. The number of aromatic nitrogens is 2. The van der Waals surface area contributed by atoms with Crippen LogP contribution in [0.25, 0.3) is 0 Å². The Balaban J connectivity index is 1.70. The average Bonchev–Trinajstić information content (AvgIpc) is 2.64. The van der Waals surface area contributed by atoms with Gasteiger partial charge in [-0.2, -0.15) is 5.10 Å². The van der Waals surface area contributed by atoms with Crippen LogP contribution in [0.5, 0.6) is 0 Å². The largest absolute Gasteiger partial charge is 0.309 e. The molecule has 0 amide bonds. The molecule has 0 spiro atoms. The minimum absolute atomic E-state index is 0.420. The second-order valence-electron chi connectivity index (χ2n) is 5.02. The molecule has 1 aromatic heterocycles. The Morgan fingerprint density at radius 1 is 1.53 bits per heavy atom. The highest BCUT2D eigenvalue weighted by molar-refractivity contribution is 4.93. The van der Waals surface area contributed by atoms with Crippen LogP contribution in [0.2, 0.25) is 0 Å². The van der Waals surface area contributed by atoms with E-state index >= 15 is 0 Å². The summed E-state index contributed by atoms with van der Waals surface area (Å²) in [7, 11) is 0. The fraction of sp³-hybridized carbons (Fsp3) is 0.750. The molecule has 1 unspecified atom stereocenters. The van der Waals surface area contributed by atoms with Gasteiger partial charge in [0.1, 0.15) is 0 Å². The summed E-state index contributed by atoms with van der Waals surface area (Å²) in [6.45, 7) is 5.62. The van der Waals surface area contributed by atoms with E-state index in [0.717, 1.165) is 13.0 Å². The average molecular weight is 207 g/mol. The van der Waals surface area contributed by atoms with Crippen LogP contribution in [0.15, 0.2) is 18.5 Å². The van der Waals surface area contributed by atoms with Crippen LogP contribution >= 0.6 is 0 Å². The summed E-state index contributed by atoms with van der Waals surface area (Å²) in [5.41, 5.74) is 0.420. The van der Waals surface area contributed by atoms with E-state index in [1.807, 2.05) is 23.1 Å². The van der Waals surface area contributed by atoms with Crippen LogP contribution in [0, 0.1) is 0 Å². The SMILES string of the molecule is CC(CCn1cccn1)NC1(C)CCC1. The second-order valence-corrected chi connectivity index (χ2v) is 5.02. The topological polar surface area (TPSA) is 29.9 Å². The number of rotatable bonds is 5. The van der Waals surface area contributed by atoms with Crippen molar-refractivity contribution in [2.75, 3.05) is 0 Å². The van der Waals surface area contributed by atoms with Gasteiger partial charge in [0.2, 0.25) is 0 Å². The maximum Gasteiger partial charge on any atom is 0.0489 e. The lowest BCUT2D eigenvalue weighted by Gasteiger charge is -2.41. The molecule has 3 heteroatoms. The first-order chi connectivity index (χ1) is 7.18. The van der Waals surface area contributed by atoms with Crippen molar-refractivity contribution in [1.82, 2.24) is 15.1 Å². The fourth-order valence-corrected chi connectivity index (χ4v) is 2.28. The van der Waals surface area contributed by atoms with Crippen LogP contribution in [0.4, 0.5) is 0 Å². The Kier molecular flexibility index (Phi) is 3.10. The van der Waals surface area contributed by atoms with Crippen molar-refractivity contribution in [2.45, 2.75) is 57.7 Å². The van der Waals surface area contributed by atoms with Crippen LogP contribution in [-0.4, -0.2) is 21.4 Å². The van der Waals surface area contributed by atoms with Gasteiger partial charge in [-0.15, -0.1) is 0 Å². The molecule has 0 aliphatic heterocycles. The monoisotopic (exact) mass is 207 g/mol. The molecule has 3 nitrogen and oxygen atoms in total. The third kappa shape index (κ3) is 2.81. The van der Waals surface area contributed by atoms with E-state index in [2.05, 4.69) is 24.3 Å². The molecule has 0 radical (unpaired) electrons. The van der Waals surface area contributed by atoms with Gasteiger partial charge in [-0.05, 0) is 45.6 Å². The minimum Gasteiger partial charge on any atom is -0.309 e. The van der Waals surface area contributed by atoms with Gasteiger partial charge in [0.15, 0.2) is 0 Å². The predicted molar refractivity (Wildman–Crippen MR) is 61.7 cm³/mol. The van der Waals surface area contributed by atoms with E-state index in [0.29, 0.717) is 11.6 Å². The molecular weight excluding hydrogens is 186 g/mol. The number of hydrogen-bond acceptors (Lipinski definition) is 2. The molecule has 0 saturated heterocycles. The standard InChI is InChI=1S/C12H21N3/c1-11(14-12(2)6-3-7-12)5-10-15-9-4-8-13-15/h4,8-9,11,14H,3,5-7,10H2,1-2H3. The van der Waals surface area contributed by atoms with E-state index in [1.165, 1.54) is 19.3 Å². The maximum atomic E-state index is 4.21. The predicted octanol–water partition coefficient (Wildman–Crippen LogP) is 2.19. The molecule has 15 heavy (non-hydrogen) atoms. The highest BCUT2D eigenvalue weighted by Gasteiger charge is 2.32. The van der Waals surface area contributed by atoms with E-state index in [9.17, 15) is 0 Å². The van der Waals surface area contributed by atoms with Gasteiger partial charge in [-0.25, -0.2) is 0 Å².